The Balaban J connectivity index is 0.000000720. The minimum atomic E-state index is 0. The van der Waals surface area contributed by atoms with Crippen molar-refractivity contribution in [1.82, 2.24) is 10.6 Å². The van der Waals surface area contributed by atoms with Gasteiger partial charge in [-0.15, -0.1) is 0 Å². The van der Waals surface area contributed by atoms with Crippen molar-refractivity contribution in [3.63, 3.8) is 0 Å². The zero-order valence-corrected chi connectivity index (χ0v) is 8.24. The molecule has 2 saturated heterocycles. The molecule has 2 aliphatic heterocycles. The number of hydrogen-bond acceptors (Lipinski definition) is 2. The third kappa shape index (κ3) is 2.10. The average Bonchev–Trinajstić information content (AvgIpc) is 2.07. The molecule has 2 N–H and O–H groups in total. The van der Waals surface area contributed by atoms with Crippen molar-refractivity contribution in [3.8, 4) is 0 Å². The Labute approximate surface area is 80.5 Å². The summed E-state index contributed by atoms with van der Waals surface area (Å²) in [6, 6.07) is 0. The number of nitrogens with zero attached hydrogens (tertiary/aromatic N) is 1. The van der Waals surface area contributed by atoms with E-state index in [9.17, 15) is 0 Å². The van der Waals surface area contributed by atoms with Crippen LogP contribution >= 0.6 is 0 Å². The van der Waals surface area contributed by atoms with Crippen molar-refractivity contribution < 1.29 is 16.9 Å². The monoisotopic (exact) mass is 191 g/mol. The van der Waals surface area contributed by atoms with Crippen LogP contribution in [0.4, 0.5) is 0 Å². The van der Waals surface area contributed by atoms with E-state index < -0.39 is 0 Å². The van der Waals surface area contributed by atoms with E-state index >= 15 is 0 Å². The summed E-state index contributed by atoms with van der Waals surface area (Å²) in [6.45, 7) is 10.3. The summed E-state index contributed by atoms with van der Waals surface area (Å²) in [5, 5.41) is 6.84. The first-order chi connectivity index (χ1) is 5.41. The van der Waals surface area contributed by atoms with Crippen molar-refractivity contribution in [2.24, 2.45) is 0 Å². The molecule has 0 aromatic rings. The molecule has 2 aliphatic rings. The highest BCUT2D eigenvalue weighted by atomic mass is 35.5. The Bertz CT molecular complexity index is 109. The van der Waals surface area contributed by atoms with E-state index in [0.29, 0.717) is 0 Å². The average molecular weight is 192 g/mol. The van der Waals surface area contributed by atoms with Crippen molar-refractivity contribution in [2.45, 2.75) is 0 Å². The minimum Gasteiger partial charge on any atom is -1.00 e. The van der Waals surface area contributed by atoms with Gasteiger partial charge in [-0.3, -0.25) is 0 Å². The minimum absolute atomic E-state index is 0. The molecular formula is C8H18ClN3. The molecule has 0 aromatic heterocycles. The fraction of sp³-hybridized carbons (Fsp3) is 1.00. The summed E-state index contributed by atoms with van der Waals surface area (Å²) in [5.74, 6) is 0. The molecule has 0 amide bonds. The molecule has 0 saturated carbocycles. The maximum atomic E-state index is 3.42. The normalized spacial score (nSPS) is 28.0. The van der Waals surface area contributed by atoms with Crippen LogP contribution in [0, 0.1) is 0 Å². The summed E-state index contributed by atoms with van der Waals surface area (Å²) in [7, 11) is 0. The molecule has 72 valence electrons. The van der Waals surface area contributed by atoms with Gasteiger partial charge in [0.05, 0.1) is 26.2 Å². The van der Waals surface area contributed by atoms with Gasteiger partial charge >= 0.3 is 0 Å². The standard InChI is InChI=1S/C8H18N3.ClH/c1-5-11(6-2-9-1)7-3-10-4-8-11;/h9-10H,1-8H2;1H/q+1;/p-1. The second-order valence-electron chi connectivity index (χ2n) is 3.74. The largest absolute Gasteiger partial charge is 1.00 e. The van der Waals surface area contributed by atoms with Gasteiger partial charge in [0.15, 0.2) is 0 Å². The summed E-state index contributed by atoms with van der Waals surface area (Å²) < 4.78 is 1.38. The quantitative estimate of drug-likeness (QED) is 0.382. The highest BCUT2D eigenvalue weighted by Gasteiger charge is 2.30. The Morgan fingerprint density at radius 3 is 1.33 bits per heavy atom. The van der Waals surface area contributed by atoms with E-state index in [0.717, 1.165) is 0 Å². The van der Waals surface area contributed by atoms with Gasteiger partial charge in [0.25, 0.3) is 0 Å². The first-order valence-corrected chi connectivity index (χ1v) is 4.68. The number of nitrogens with one attached hydrogen (secondary N) is 2. The van der Waals surface area contributed by atoms with Crippen molar-refractivity contribution in [2.75, 3.05) is 52.4 Å². The third-order valence-electron chi connectivity index (χ3n) is 3.05. The van der Waals surface area contributed by atoms with Crippen LogP contribution in [0.2, 0.25) is 0 Å². The molecule has 12 heavy (non-hydrogen) atoms. The van der Waals surface area contributed by atoms with Gasteiger partial charge in [-0.25, -0.2) is 0 Å². The van der Waals surface area contributed by atoms with Crippen LogP contribution in [0.25, 0.3) is 0 Å². The smallest absolute Gasteiger partial charge is 0.0914 e. The van der Waals surface area contributed by atoms with Crippen molar-refractivity contribution in [1.29, 1.82) is 0 Å². The van der Waals surface area contributed by atoms with Crippen molar-refractivity contribution in [3.05, 3.63) is 0 Å². The van der Waals surface area contributed by atoms with Crippen LogP contribution < -0.4 is 23.0 Å². The Morgan fingerprint density at radius 2 is 1.00 bits per heavy atom. The summed E-state index contributed by atoms with van der Waals surface area (Å²) in [5.41, 5.74) is 0. The lowest BCUT2D eigenvalue weighted by Crippen LogP contribution is -3.00. The van der Waals surface area contributed by atoms with E-state index in [1.165, 1.54) is 56.8 Å². The Hall–Kier alpha value is 0.170. The maximum absolute atomic E-state index is 3.42. The zero-order chi connectivity index (χ0) is 7.57. The number of rotatable bonds is 0. The Morgan fingerprint density at radius 1 is 0.667 bits per heavy atom. The molecular weight excluding hydrogens is 174 g/mol. The predicted octanol–water partition coefficient (Wildman–Crippen LogP) is -3.99. The van der Waals surface area contributed by atoms with E-state index in [1.807, 2.05) is 0 Å². The molecule has 0 aliphatic carbocycles. The maximum Gasteiger partial charge on any atom is 0.0914 e. The van der Waals surface area contributed by atoms with Crippen LogP contribution in [0.5, 0.6) is 0 Å². The highest BCUT2D eigenvalue weighted by molar-refractivity contribution is 4.63. The third-order valence-corrected chi connectivity index (χ3v) is 3.05. The molecule has 3 nitrogen and oxygen atoms in total. The summed E-state index contributed by atoms with van der Waals surface area (Å²) >= 11 is 0. The highest BCUT2D eigenvalue weighted by Crippen LogP contribution is 2.09. The van der Waals surface area contributed by atoms with Gasteiger partial charge in [-0.05, 0) is 0 Å². The van der Waals surface area contributed by atoms with Crippen LogP contribution in [0.3, 0.4) is 0 Å². The first-order valence-electron chi connectivity index (χ1n) is 4.68. The second-order valence-corrected chi connectivity index (χ2v) is 3.74. The van der Waals surface area contributed by atoms with E-state index in [2.05, 4.69) is 10.6 Å². The summed E-state index contributed by atoms with van der Waals surface area (Å²) in [4.78, 5) is 0. The zero-order valence-electron chi connectivity index (χ0n) is 7.48. The van der Waals surface area contributed by atoms with Gasteiger partial charge in [-0.1, -0.05) is 0 Å². The molecule has 0 unspecified atom stereocenters. The van der Waals surface area contributed by atoms with Crippen LogP contribution in [0.15, 0.2) is 0 Å². The number of hydrogen-bond donors (Lipinski definition) is 2. The molecule has 4 heteroatoms. The van der Waals surface area contributed by atoms with E-state index in [1.54, 1.807) is 0 Å². The molecule has 2 fully saturated rings. The van der Waals surface area contributed by atoms with E-state index in [4.69, 9.17) is 0 Å². The molecule has 1 spiro atoms. The predicted molar refractivity (Wildman–Crippen MR) is 45.5 cm³/mol. The summed E-state index contributed by atoms with van der Waals surface area (Å²) in [6.07, 6.45) is 0. The number of halogens is 1. The molecule has 0 atom stereocenters. The molecule has 0 bridgehead atoms. The van der Waals surface area contributed by atoms with Crippen LogP contribution in [-0.2, 0) is 0 Å². The van der Waals surface area contributed by atoms with Gasteiger partial charge in [0.2, 0.25) is 0 Å². The fourth-order valence-electron chi connectivity index (χ4n) is 2.19. The van der Waals surface area contributed by atoms with Crippen LogP contribution in [-0.4, -0.2) is 56.8 Å². The molecule has 0 radical (unpaired) electrons. The lowest BCUT2D eigenvalue weighted by molar-refractivity contribution is -0.931. The van der Waals surface area contributed by atoms with Gasteiger partial charge in [-0.2, -0.15) is 0 Å². The SMILES string of the molecule is C1C[N+]2(CCN1)CCNCC2.[Cl-]. The first kappa shape index (κ1) is 10.3. The van der Waals surface area contributed by atoms with E-state index in [-0.39, 0.29) is 12.4 Å². The van der Waals surface area contributed by atoms with Gasteiger partial charge in [0, 0.05) is 26.2 Å². The van der Waals surface area contributed by atoms with Crippen molar-refractivity contribution >= 4 is 0 Å². The lowest BCUT2D eigenvalue weighted by Gasteiger charge is -2.44. The molecule has 0 aromatic carbocycles. The number of quaternary nitrogens is 1. The second kappa shape index (κ2) is 4.42. The van der Waals surface area contributed by atoms with Crippen LogP contribution in [0.1, 0.15) is 0 Å². The van der Waals surface area contributed by atoms with Gasteiger partial charge in [0.1, 0.15) is 0 Å². The topological polar surface area (TPSA) is 24.1 Å². The lowest BCUT2D eigenvalue weighted by atomic mass is 10.2. The fourth-order valence-corrected chi connectivity index (χ4v) is 2.19. The van der Waals surface area contributed by atoms with Gasteiger partial charge < -0.3 is 27.5 Å². The Kier molecular flexibility index (Phi) is 3.77. The molecule has 2 rings (SSSR count). The number of piperazine rings is 2. The molecule has 2 heterocycles.